The summed E-state index contributed by atoms with van der Waals surface area (Å²) in [7, 11) is 0. The van der Waals surface area contributed by atoms with E-state index in [-0.39, 0.29) is 5.92 Å². The maximum atomic E-state index is 11.1. The first kappa shape index (κ1) is 12.1. The van der Waals surface area contributed by atoms with E-state index in [0.29, 0.717) is 11.7 Å². The van der Waals surface area contributed by atoms with E-state index in [1.165, 1.54) is 0 Å². The van der Waals surface area contributed by atoms with Crippen molar-refractivity contribution in [3.63, 3.8) is 0 Å². The monoisotopic (exact) mass is 224 g/mol. The van der Waals surface area contributed by atoms with Gasteiger partial charge in [0.2, 0.25) is 0 Å². The van der Waals surface area contributed by atoms with Crippen LogP contribution >= 0.6 is 11.8 Å². The number of hydrogen-bond donors (Lipinski definition) is 1. The van der Waals surface area contributed by atoms with E-state index in [1.807, 2.05) is 36.6 Å². The molecule has 0 aromatic heterocycles. The van der Waals surface area contributed by atoms with Gasteiger partial charge in [0.25, 0.3) is 0 Å². The van der Waals surface area contributed by atoms with Crippen molar-refractivity contribution in [2.24, 2.45) is 0 Å². The van der Waals surface area contributed by atoms with Crippen molar-refractivity contribution in [2.45, 2.75) is 24.5 Å². The third kappa shape index (κ3) is 3.59. The van der Waals surface area contributed by atoms with Crippen LogP contribution in [0.15, 0.2) is 30.3 Å². The number of carboxylic acid groups (broad SMARTS) is 1. The highest BCUT2D eigenvalue weighted by atomic mass is 32.2. The number of benzene rings is 1. The molecule has 15 heavy (non-hydrogen) atoms. The first-order chi connectivity index (χ1) is 7.15. The predicted molar refractivity (Wildman–Crippen MR) is 64.4 cm³/mol. The second-order valence-electron chi connectivity index (χ2n) is 3.58. The molecule has 0 aliphatic rings. The topological polar surface area (TPSA) is 37.3 Å². The Kier molecular flexibility index (Phi) is 4.69. The maximum absolute atomic E-state index is 11.1. The predicted octanol–water partition coefficient (Wildman–Crippen LogP) is 3.00. The molecule has 2 unspecified atom stereocenters. The molecule has 1 aromatic carbocycles. The number of thioether (sulfide) groups is 1. The van der Waals surface area contributed by atoms with Crippen LogP contribution < -0.4 is 0 Å². The molecule has 0 bridgehead atoms. The van der Waals surface area contributed by atoms with Crippen molar-refractivity contribution in [1.29, 1.82) is 0 Å². The molecule has 0 saturated carbocycles. The molecule has 0 fully saturated rings. The Labute approximate surface area is 94.7 Å². The molecular formula is C12H16O2S. The van der Waals surface area contributed by atoms with Crippen LogP contribution in [0.25, 0.3) is 0 Å². The minimum Gasteiger partial charge on any atom is -0.481 e. The van der Waals surface area contributed by atoms with E-state index in [9.17, 15) is 4.79 Å². The molecule has 2 nitrogen and oxygen atoms in total. The van der Waals surface area contributed by atoms with Crippen LogP contribution in [-0.4, -0.2) is 22.6 Å². The lowest BCUT2D eigenvalue weighted by Crippen LogP contribution is -2.15. The number of rotatable bonds is 5. The summed E-state index contributed by atoms with van der Waals surface area (Å²) in [5, 5.41) is 9.53. The highest BCUT2D eigenvalue weighted by Crippen LogP contribution is 2.25. The maximum Gasteiger partial charge on any atom is 0.311 e. The first-order valence-electron chi connectivity index (χ1n) is 4.95. The highest BCUT2D eigenvalue weighted by molar-refractivity contribution is 7.99. The number of hydrogen-bond acceptors (Lipinski definition) is 2. The van der Waals surface area contributed by atoms with Crippen molar-refractivity contribution < 1.29 is 9.90 Å². The average molecular weight is 224 g/mol. The van der Waals surface area contributed by atoms with Gasteiger partial charge in [-0.2, -0.15) is 11.8 Å². The van der Waals surface area contributed by atoms with E-state index in [1.54, 1.807) is 11.8 Å². The van der Waals surface area contributed by atoms with E-state index in [2.05, 4.69) is 6.92 Å². The lowest BCUT2D eigenvalue weighted by Gasteiger charge is -2.16. The summed E-state index contributed by atoms with van der Waals surface area (Å²) in [5.41, 5.74) is 0.894. The fourth-order valence-corrected chi connectivity index (χ4v) is 1.88. The molecular weight excluding hydrogens is 208 g/mol. The zero-order valence-electron chi connectivity index (χ0n) is 9.01. The first-order valence-corrected chi connectivity index (χ1v) is 6.24. The van der Waals surface area contributed by atoms with Crippen LogP contribution in [0.2, 0.25) is 0 Å². The summed E-state index contributed by atoms with van der Waals surface area (Å²) in [6.45, 7) is 2.06. The normalized spacial score (nSPS) is 14.5. The Morgan fingerprint density at radius 3 is 2.47 bits per heavy atom. The van der Waals surface area contributed by atoms with E-state index in [0.717, 1.165) is 5.56 Å². The highest BCUT2D eigenvalue weighted by Gasteiger charge is 2.21. The molecule has 0 aliphatic heterocycles. The van der Waals surface area contributed by atoms with E-state index in [4.69, 9.17) is 5.11 Å². The molecule has 0 amide bonds. The number of carbonyl (C=O) groups is 1. The molecule has 0 heterocycles. The third-order valence-electron chi connectivity index (χ3n) is 2.47. The van der Waals surface area contributed by atoms with E-state index < -0.39 is 5.97 Å². The summed E-state index contributed by atoms with van der Waals surface area (Å²) in [5.74, 6) is -1.12. The molecule has 1 rings (SSSR count). The average Bonchev–Trinajstić information content (AvgIpc) is 2.26. The van der Waals surface area contributed by atoms with Gasteiger partial charge in [-0.15, -0.1) is 0 Å². The number of aliphatic carboxylic acids is 1. The zero-order valence-corrected chi connectivity index (χ0v) is 9.83. The Hall–Kier alpha value is -0.960. The zero-order chi connectivity index (χ0) is 11.3. The molecule has 0 radical (unpaired) electrons. The Balaban J connectivity index is 2.80. The molecule has 2 atom stereocenters. The Morgan fingerprint density at radius 2 is 2.00 bits per heavy atom. The van der Waals surface area contributed by atoms with Crippen molar-refractivity contribution in [3.8, 4) is 0 Å². The fourth-order valence-electron chi connectivity index (χ4n) is 1.49. The number of carboxylic acids is 1. The molecule has 0 saturated heterocycles. The molecule has 1 aromatic rings. The van der Waals surface area contributed by atoms with E-state index >= 15 is 0 Å². The summed E-state index contributed by atoms with van der Waals surface area (Å²) in [4.78, 5) is 11.1. The summed E-state index contributed by atoms with van der Waals surface area (Å²) in [6, 6.07) is 9.43. The lowest BCUT2D eigenvalue weighted by atomic mass is 9.95. The molecule has 0 spiro atoms. The van der Waals surface area contributed by atoms with Crippen LogP contribution in [0, 0.1) is 0 Å². The van der Waals surface area contributed by atoms with Crippen LogP contribution in [0.1, 0.15) is 24.8 Å². The van der Waals surface area contributed by atoms with Crippen molar-refractivity contribution in [2.75, 3.05) is 6.26 Å². The lowest BCUT2D eigenvalue weighted by molar-refractivity contribution is -0.138. The van der Waals surface area contributed by atoms with Crippen molar-refractivity contribution in [1.82, 2.24) is 0 Å². The van der Waals surface area contributed by atoms with Crippen molar-refractivity contribution >= 4 is 17.7 Å². The van der Waals surface area contributed by atoms with Gasteiger partial charge in [0, 0.05) is 5.25 Å². The van der Waals surface area contributed by atoms with Gasteiger partial charge in [0.1, 0.15) is 0 Å². The summed E-state index contributed by atoms with van der Waals surface area (Å²) < 4.78 is 0. The minimum atomic E-state index is -0.734. The van der Waals surface area contributed by atoms with Gasteiger partial charge in [-0.3, -0.25) is 4.79 Å². The summed E-state index contributed by atoms with van der Waals surface area (Å²) in [6.07, 6.45) is 2.69. The summed E-state index contributed by atoms with van der Waals surface area (Å²) >= 11 is 1.70. The smallest absolute Gasteiger partial charge is 0.311 e. The van der Waals surface area contributed by atoms with Gasteiger partial charge in [-0.25, -0.2) is 0 Å². The van der Waals surface area contributed by atoms with Crippen LogP contribution in [0.4, 0.5) is 0 Å². The molecule has 82 valence electrons. The second kappa shape index (κ2) is 5.81. The largest absolute Gasteiger partial charge is 0.481 e. The van der Waals surface area contributed by atoms with Crippen LogP contribution in [-0.2, 0) is 4.79 Å². The minimum absolute atomic E-state index is 0.367. The van der Waals surface area contributed by atoms with Gasteiger partial charge < -0.3 is 5.11 Å². The van der Waals surface area contributed by atoms with Crippen molar-refractivity contribution in [3.05, 3.63) is 35.9 Å². The van der Waals surface area contributed by atoms with Gasteiger partial charge >= 0.3 is 5.97 Å². The molecule has 3 heteroatoms. The van der Waals surface area contributed by atoms with Gasteiger partial charge in [-0.1, -0.05) is 37.3 Å². The second-order valence-corrected chi connectivity index (χ2v) is 4.86. The standard InChI is InChI=1S/C12H16O2S/c1-9(15-2)8-11(12(13)14)10-6-4-3-5-7-10/h3-7,9,11H,8H2,1-2H3,(H,13,14). The quantitative estimate of drug-likeness (QED) is 0.835. The van der Waals surface area contributed by atoms with Gasteiger partial charge in [0.05, 0.1) is 5.92 Å². The van der Waals surface area contributed by atoms with Gasteiger partial charge in [0.15, 0.2) is 0 Å². The van der Waals surface area contributed by atoms with Gasteiger partial charge in [-0.05, 0) is 18.2 Å². The molecule has 0 aliphatic carbocycles. The SMILES string of the molecule is CSC(C)CC(C(=O)O)c1ccccc1. The third-order valence-corrected chi connectivity index (χ3v) is 3.47. The molecule has 1 N–H and O–H groups in total. The fraction of sp³-hybridized carbons (Fsp3) is 0.417. The van der Waals surface area contributed by atoms with Crippen LogP contribution in [0.3, 0.4) is 0 Å². The Bertz CT molecular complexity index is 311. The Morgan fingerprint density at radius 1 is 1.40 bits per heavy atom. The van der Waals surface area contributed by atoms with Crippen LogP contribution in [0.5, 0.6) is 0 Å².